The topological polar surface area (TPSA) is 59.0 Å². The van der Waals surface area contributed by atoms with E-state index in [1.165, 1.54) is 12.8 Å². The molecule has 5 heteroatoms. The van der Waals surface area contributed by atoms with Crippen molar-refractivity contribution in [2.75, 3.05) is 33.4 Å². The Morgan fingerprint density at radius 3 is 2.65 bits per heavy atom. The van der Waals surface area contributed by atoms with Gasteiger partial charge in [0.15, 0.2) is 11.5 Å². The standard InChI is InChI=1S/C15H21NO4/c1-19-13-4-2-3-5-14(13)20-9-8-16(11-15(17)18)10-12-6-7-12/h2-5,12H,6-11H2,1H3,(H,17,18). The number of hydrogen-bond acceptors (Lipinski definition) is 4. The Bertz CT molecular complexity index is 445. The number of carboxylic acid groups (broad SMARTS) is 1. The average Bonchev–Trinajstić information content (AvgIpc) is 3.22. The molecule has 1 saturated carbocycles. The van der Waals surface area contributed by atoms with Crippen LogP contribution in [-0.2, 0) is 4.79 Å². The summed E-state index contributed by atoms with van der Waals surface area (Å²) in [5, 5.41) is 8.91. The van der Waals surface area contributed by atoms with Gasteiger partial charge in [0.05, 0.1) is 13.7 Å². The number of carbonyl (C=O) groups is 1. The van der Waals surface area contributed by atoms with E-state index in [1.54, 1.807) is 7.11 Å². The number of hydrogen-bond donors (Lipinski definition) is 1. The van der Waals surface area contributed by atoms with E-state index >= 15 is 0 Å². The lowest BCUT2D eigenvalue weighted by atomic mass is 10.3. The van der Waals surface area contributed by atoms with Crippen molar-refractivity contribution in [1.82, 2.24) is 4.90 Å². The maximum atomic E-state index is 10.8. The van der Waals surface area contributed by atoms with Crippen molar-refractivity contribution in [1.29, 1.82) is 0 Å². The average molecular weight is 279 g/mol. The van der Waals surface area contributed by atoms with Crippen molar-refractivity contribution < 1.29 is 19.4 Å². The third-order valence-electron chi connectivity index (χ3n) is 3.31. The second-order valence-corrected chi connectivity index (χ2v) is 5.07. The molecular weight excluding hydrogens is 258 g/mol. The second-order valence-electron chi connectivity index (χ2n) is 5.07. The molecular formula is C15H21NO4. The zero-order valence-corrected chi connectivity index (χ0v) is 11.7. The van der Waals surface area contributed by atoms with E-state index in [2.05, 4.69) is 0 Å². The van der Waals surface area contributed by atoms with Gasteiger partial charge in [-0.3, -0.25) is 9.69 Å². The normalized spacial score (nSPS) is 14.3. The molecule has 0 aliphatic heterocycles. The van der Waals surface area contributed by atoms with Crippen molar-refractivity contribution >= 4 is 5.97 Å². The van der Waals surface area contributed by atoms with Crippen molar-refractivity contribution in [3.8, 4) is 11.5 Å². The van der Waals surface area contributed by atoms with Crippen LogP contribution in [0.25, 0.3) is 0 Å². The highest BCUT2D eigenvalue weighted by Gasteiger charge is 2.25. The molecule has 1 aromatic rings. The molecule has 1 fully saturated rings. The third kappa shape index (κ3) is 4.74. The molecule has 0 radical (unpaired) electrons. The van der Waals surface area contributed by atoms with Gasteiger partial charge in [-0.2, -0.15) is 0 Å². The quantitative estimate of drug-likeness (QED) is 0.748. The molecule has 20 heavy (non-hydrogen) atoms. The molecule has 0 heterocycles. The number of para-hydroxylation sites is 2. The van der Waals surface area contributed by atoms with Gasteiger partial charge in [0, 0.05) is 13.1 Å². The van der Waals surface area contributed by atoms with Gasteiger partial charge in [-0.15, -0.1) is 0 Å². The summed E-state index contributed by atoms with van der Waals surface area (Å²) in [6.07, 6.45) is 2.42. The molecule has 0 spiro atoms. The van der Waals surface area contributed by atoms with Crippen LogP contribution in [-0.4, -0.2) is 49.3 Å². The number of carboxylic acids is 1. The van der Waals surface area contributed by atoms with Gasteiger partial charge < -0.3 is 14.6 Å². The minimum Gasteiger partial charge on any atom is -0.493 e. The minimum atomic E-state index is -0.789. The Kier molecular flexibility index (Phi) is 5.24. The summed E-state index contributed by atoms with van der Waals surface area (Å²) < 4.78 is 10.9. The summed E-state index contributed by atoms with van der Waals surface area (Å²) in [6, 6.07) is 7.46. The first-order valence-corrected chi connectivity index (χ1v) is 6.89. The molecule has 0 saturated heterocycles. The molecule has 0 atom stereocenters. The Morgan fingerprint density at radius 2 is 2.05 bits per heavy atom. The third-order valence-corrected chi connectivity index (χ3v) is 3.31. The molecule has 1 N–H and O–H groups in total. The van der Waals surface area contributed by atoms with Crippen molar-refractivity contribution in [2.24, 2.45) is 5.92 Å². The highest BCUT2D eigenvalue weighted by molar-refractivity contribution is 5.69. The molecule has 110 valence electrons. The fourth-order valence-corrected chi connectivity index (χ4v) is 2.11. The highest BCUT2D eigenvalue weighted by atomic mass is 16.5. The predicted octanol–water partition coefficient (Wildman–Crippen LogP) is 1.87. The molecule has 0 amide bonds. The molecule has 1 aliphatic rings. The summed E-state index contributed by atoms with van der Waals surface area (Å²) in [7, 11) is 1.60. The zero-order chi connectivity index (χ0) is 14.4. The van der Waals surface area contributed by atoms with Gasteiger partial charge in [0.25, 0.3) is 0 Å². The van der Waals surface area contributed by atoms with Gasteiger partial charge in [-0.1, -0.05) is 12.1 Å². The molecule has 1 aromatic carbocycles. The van der Waals surface area contributed by atoms with E-state index in [-0.39, 0.29) is 6.54 Å². The monoisotopic (exact) mass is 279 g/mol. The zero-order valence-electron chi connectivity index (χ0n) is 11.7. The van der Waals surface area contributed by atoms with E-state index in [0.717, 1.165) is 6.54 Å². The van der Waals surface area contributed by atoms with Crippen LogP contribution in [0.2, 0.25) is 0 Å². The summed E-state index contributed by atoms with van der Waals surface area (Å²) >= 11 is 0. The Labute approximate surface area is 119 Å². The molecule has 0 bridgehead atoms. The number of aliphatic carboxylic acids is 1. The van der Waals surface area contributed by atoms with Crippen LogP contribution in [0.15, 0.2) is 24.3 Å². The Morgan fingerprint density at radius 1 is 1.35 bits per heavy atom. The molecule has 1 aliphatic carbocycles. The first kappa shape index (κ1) is 14.7. The van der Waals surface area contributed by atoms with Crippen LogP contribution in [0, 0.1) is 5.92 Å². The summed E-state index contributed by atoms with van der Waals surface area (Å²) in [4.78, 5) is 12.8. The predicted molar refractivity (Wildman–Crippen MR) is 75.3 cm³/mol. The van der Waals surface area contributed by atoms with Gasteiger partial charge in [-0.25, -0.2) is 0 Å². The molecule has 5 nitrogen and oxygen atoms in total. The number of rotatable bonds is 9. The van der Waals surface area contributed by atoms with Crippen molar-refractivity contribution in [2.45, 2.75) is 12.8 Å². The van der Waals surface area contributed by atoms with E-state index in [9.17, 15) is 4.79 Å². The summed E-state index contributed by atoms with van der Waals surface area (Å²) in [5.74, 6) is 1.26. The highest BCUT2D eigenvalue weighted by Crippen LogP contribution is 2.29. The van der Waals surface area contributed by atoms with Gasteiger partial charge in [0.1, 0.15) is 6.61 Å². The fourth-order valence-electron chi connectivity index (χ4n) is 2.11. The first-order chi connectivity index (χ1) is 9.69. The lowest BCUT2D eigenvalue weighted by molar-refractivity contribution is -0.138. The SMILES string of the molecule is COc1ccccc1OCCN(CC(=O)O)CC1CC1. The van der Waals surface area contributed by atoms with E-state index in [1.807, 2.05) is 29.2 Å². The molecule has 0 unspecified atom stereocenters. The largest absolute Gasteiger partial charge is 0.493 e. The van der Waals surface area contributed by atoms with Gasteiger partial charge in [-0.05, 0) is 30.9 Å². The number of methoxy groups -OCH3 is 1. The van der Waals surface area contributed by atoms with Gasteiger partial charge in [0.2, 0.25) is 0 Å². The van der Waals surface area contributed by atoms with Crippen molar-refractivity contribution in [3.05, 3.63) is 24.3 Å². The van der Waals surface area contributed by atoms with Crippen LogP contribution in [0.4, 0.5) is 0 Å². The minimum absolute atomic E-state index is 0.0752. The molecule has 0 aromatic heterocycles. The van der Waals surface area contributed by atoms with E-state index in [0.29, 0.717) is 30.6 Å². The van der Waals surface area contributed by atoms with Crippen LogP contribution in [0.5, 0.6) is 11.5 Å². The Balaban J connectivity index is 1.80. The summed E-state index contributed by atoms with van der Waals surface area (Å²) in [5.41, 5.74) is 0. The van der Waals surface area contributed by atoms with E-state index < -0.39 is 5.97 Å². The van der Waals surface area contributed by atoms with Crippen LogP contribution >= 0.6 is 0 Å². The number of benzene rings is 1. The number of ether oxygens (including phenoxy) is 2. The maximum absolute atomic E-state index is 10.8. The fraction of sp³-hybridized carbons (Fsp3) is 0.533. The van der Waals surface area contributed by atoms with Crippen molar-refractivity contribution in [3.63, 3.8) is 0 Å². The maximum Gasteiger partial charge on any atom is 0.317 e. The lowest BCUT2D eigenvalue weighted by Gasteiger charge is -2.20. The second kappa shape index (κ2) is 7.14. The first-order valence-electron chi connectivity index (χ1n) is 6.89. The van der Waals surface area contributed by atoms with Crippen LogP contribution in [0.1, 0.15) is 12.8 Å². The smallest absolute Gasteiger partial charge is 0.317 e. The lowest BCUT2D eigenvalue weighted by Crippen LogP contribution is -2.35. The Hall–Kier alpha value is -1.75. The van der Waals surface area contributed by atoms with E-state index in [4.69, 9.17) is 14.6 Å². The number of nitrogens with zero attached hydrogens (tertiary/aromatic N) is 1. The van der Waals surface area contributed by atoms with Crippen LogP contribution < -0.4 is 9.47 Å². The van der Waals surface area contributed by atoms with Crippen LogP contribution in [0.3, 0.4) is 0 Å². The molecule has 2 rings (SSSR count). The van der Waals surface area contributed by atoms with Gasteiger partial charge >= 0.3 is 5.97 Å². The summed E-state index contributed by atoms with van der Waals surface area (Å²) in [6.45, 7) is 1.99.